The van der Waals surface area contributed by atoms with E-state index in [2.05, 4.69) is 41.8 Å². The number of amides is 6. The Morgan fingerprint density at radius 2 is 1.81 bits per heavy atom. The zero-order chi connectivity index (χ0) is 39.4. The summed E-state index contributed by atoms with van der Waals surface area (Å²) in [5, 5.41) is 10.8. The number of carbonyl (C=O) groups is 5. The van der Waals surface area contributed by atoms with Crippen molar-refractivity contribution in [1.29, 1.82) is 0 Å². The fourth-order valence-electron chi connectivity index (χ4n) is 7.92. The van der Waals surface area contributed by atoms with Gasteiger partial charge in [-0.1, -0.05) is 37.5 Å². The predicted molar refractivity (Wildman–Crippen MR) is 209 cm³/mol. The number of rotatable bonds is 7. The normalized spacial score (nSPS) is 25.6. The highest BCUT2D eigenvalue weighted by molar-refractivity contribution is 7.17. The zero-order valence-electron chi connectivity index (χ0n) is 31.2. The van der Waals surface area contributed by atoms with Gasteiger partial charge in [-0.2, -0.15) is 4.98 Å². The Bertz CT molecular complexity index is 2160. The predicted octanol–water partition coefficient (Wildman–Crippen LogP) is 3.57. The van der Waals surface area contributed by atoms with E-state index >= 15 is 0 Å². The average molecular weight is 793 g/mol. The minimum Gasteiger partial charge on any atom is -0.471 e. The number of allylic oxidation sites excluding steroid dienone is 1. The van der Waals surface area contributed by atoms with Gasteiger partial charge in [0.05, 0.1) is 17.6 Å². The van der Waals surface area contributed by atoms with Crippen LogP contribution in [-0.2, 0) is 14.4 Å². The molecule has 0 unspecified atom stereocenters. The van der Waals surface area contributed by atoms with Gasteiger partial charge in [-0.15, -0.1) is 11.3 Å². The quantitative estimate of drug-likeness (QED) is 0.136. The largest absolute Gasteiger partial charge is 0.471 e. The molecule has 5 atom stereocenters. The molecule has 8 rings (SSSR count). The number of hydrazine groups is 1. The lowest BCUT2D eigenvalue weighted by atomic mass is 10.0. The molecule has 0 aromatic carbocycles. The van der Waals surface area contributed by atoms with Crippen LogP contribution in [0.25, 0.3) is 21.7 Å². The van der Waals surface area contributed by atoms with Crippen molar-refractivity contribution in [3.63, 3.8) is 0 Å². The Hall–Kier alpha value is -5.97. The van der Waals surface area contributed by atoms with Gasteiger partial charge >= 0.3 is 6.03 Å². The second-order valence-corrected chi connectivity index (χ2v) is 15.9. The van der Waals surface area contributed by atoms with Crippen LogP contribution in [0.2, 0.25) is 0 Å². The summed E-state index contributed by atoms with van der Waals surface area (Å²) in [7, 11) is 0. The van der Waals surface area contributed by atoms with E-state index in [-0.39, 0.29) is 30.5 Å². The molecule has 2 aliphatic heterocycles. The number of carbonyl (C=O) groups excluding carboxylic acids is 5. The molecule has 4 aromatic rings. The smallest absolute Gasteiger partial charge is 0.315 e. The first-order valence-corrected chi connectivity index (χ1v) is 20.4. The zero-order valence-corrected chi connectivity index (χ0v) is 32.0. The van der Waals surface area contributed by atoms with E-state index in [4.69, 9.17) is 9.72 Å². The molecule has 2 saturated carbocycles. The van der Waals surface area contributed by atoms with Gasteiger partial charge in [0.15, 0.2) is 5.82 Å². The maximum Gasteiger partial charge on any atom is 0.315 e. The number of thiophene rings is 1. The fraction of sp³-hybridized carbons (Fsp3) is 0.425. The molecule has 4 aromatic heterocycles. The number of ether oxygens (including phenoxy) is 1. The first-order chi connectivity index (χ1) is 27.8. The molecule has 16 nitrogen and oxygen atoms in total. The van der Waals surface area contributed by atoms with Crippen molar-refractivity contribution in [1.82, 2.24) is 51.6 Å². The van der Waals surface area contributed by atoms with Crippen molar-refractivity contribution >= 4 is 51.2 Å². The summed E-state index contributed by atoms with van der Waals surface area (Å²) in [6.07, 6.45) is 14.4. The molecule has 0 bridgehead atoms. The number of nitrogens with one attached hydrogen (secondary N) is 5. The monoisotopic (exact) mass is 792 g/mol. The Labute approximate surface area is 332 Å². The molecule has 17 heteroatoms. The van der Waals surface area contributed by atoms with Crippen LogP contribution >= 0.6 is 11.3 Å². The number of hydrogen-bond donors (Lipinski definition) is 5. The van der Waals surface area contributed by atoms with Gasteiger partial charge in [0.1, 0.15) is 34.1 Å². The van der Waals surface area contributed by atoms with Gasteiger partial charge in [0.2, 0.25) is 17.7 Å². The van der Waals surface area contributed by atoms with Crippen molar-refractivity contribution in [2.75, 3.05) is 6.54 Å². The summed E-state index contributed by atoms with van der Waals surface area (Å²) in [5.74, 6) is -1.79. The third-order valence-corrected chi connectivity index (χ3v) is 11.9. The standard InChI is InChI=1S/C40H44N10O6S/c51-34(24-10-9-17-41-22-24)48-49-38(54)40-21-25(40)11-3-1-2-4-15-30(45-39(55)43-26-12-5-6-13-26)37(53)50-23-27(20-31(50)35(52)47-40)56-36-32-28(16-19-57-32)44-33(46-36)29-14-7-8-18-42-29/h3,7-11,14,16-19,22,25-27,30-31H,1-2,4-6,12-13,15,20-21,23H2,(H,47,52)(H,48,51)(H,49,54)(H2,43,45,55)/b11-3-/t25-,27-,30+,31+,40-/m1/s1. The fourth-order valence-corrected chi connectivity index (χ4v) is 8.68. The van der Waals surface area contributed by atoms with E-state index < -0.39 is 53.4 Å². The average Bonchev–Trinajstić information content (AvgIpc) is 3.68. The van der Waals surface area contributed by atoms with Crippen molar-refractivity contribution in [3.8, 4) is 17.4 Å². The second kappa shape index (κ2) is 16.6. The molecule has 0 radical (unpaired) electrons. The van der Waals surface area contributed by atoms with Crippen molar-refractivity contribution < 1.29 is 28.7 Å². The number of fused-ring (bicyclic) bond motifs is 3. The number of nitrogens with zero attached hydrogens (tertiary/aromatic N) is 5. The van der Waals surface area contributed by atoms with Gasteiger partial charge in [-0.3, -0.25) is 40.0 Å². The number of urea groups is 1. The third kappa shape index (κ3) is 8.43. The number of hydrogen-bond acceptors (Lipinski definition) is 11. The number of pyridine rings is 2. The van der Waals surface area contributed by atoms with Gasteiger partial charge < -0.3 is 25.6 Å². The maximum absolute atomic E-state index is 14.6. The Kier molecular flexibility index (Phi) is 11.1. The Morgan fingerprint density at radius 3 is 2.61 bits per heavy atom. The minimum atomic E-state index is -1.38. The van der Waals surface area contributed by atoms with E-state index in [1.165, 1.54) is 28.6 Å². The van der Waals surface area contributed by atoms with Crippen LogP contribution in [0.1, 0.15) is 74.6 Å². The molecule has 57 heavy (non-hydrogen) atoms. The molecule has 4 aliphatic rings. The second-order valence-electron chi connectivity index (χ2n) is 15.0. The van der Waals surface area contributed by atoms with Crippen LogP contribution in [0.3, 0.4) is 0 Å². The number of aromatic nitrogens is 4. The first kappa shape index (κ1) is 37.9. The van der Waals surface area contributed by atoms with Crippen LogP contribution in [0.4, 0.5) is 4.79 Å². The summed E-state index contributed by atoms with van der Waals surface area (Å²) in [6.45, 7) is 0.0266. The van der Waals surface area contributed by atoms with E-state index in [9.17, 15) is 24.0 Å². The summed E-state index contributed by atoms with van der Waals surface area (Å²) >= 11 is 1.41. The van der Waals surface area contributed by atoms with E-state index in [1.54, 1.807) is 30.5 Å². The van der Waals surface area contributed by atoms with Crippen molar-refractivity contribution in [2.24, 2.45) is 5.92 Å². The molecule has 296 valence electrons. The molecule has 6 amide bonds. The topological polar surface area (TPSA) is 210 Å². The summed E-state index contributed by atoms with van der Waals surface area (Å²) in [6, 6.07) is 8.16. The summed E-state index contributed by atoms with van der Waals surface area (Å²) in [5.41, 5.74) is 5.04. The summed E-state index contributed by atoms with van der Waals surface area (Å²) < 4.78 is 7.27. The molecule has 1 saturated heterocycles. The van der Waals surface area contributed by atoms with Crippen LogP contribution in [-0.4, -0.2) is 90.8 Å². The highest BCUT2D eigenvalue weighted by Crippen LogP contribution is 2.45. The SMILES string of the molecule is O=C(NC1CCCC1)N[C@H]1CCCC/C=C\[C@@H]2C[C@@]2(C(=O)NNC(=O)c2cccnc2)NC(=O)[C@@H]2C[C@@H](Oc3nc(-c4ccccn4)nc4ccsc34)CN2C1=O. The lowest BCUT2D eigenvalue weighted by Crippen LogP contribution is -2.59. The van der Waals surface area contributed by atoms with E-state index in [0.717, 1.165) is 32.1 Å². The molecule has 5 N–H and O–H groups in total. The van der Waals surface area contributed by atoms with Gasteiger partial charge in [0.25, 0.3) is 11.8 Å². The summed E-state index contributed by atoms with van der Waals surface area (Å²) in [4.78, 5) is 88.2. The Balaban J connectivity index is 1.07. The first-order valence-electron chi connectivity index (χ1n) is 19.5. The van der Waals surface area contributed by atoms with Gasteiger partial charge in [0, 0.05) is 37.0 Å². The minimum absolute atomic E-state index is 0.0266. The molecule has 3 fully saturated rings. The van der Waals surface area contributed by atoms with Crippen LogP contribution < -0.4 is 31.5 Å². The van der Waals surface area contributed by atoms with Crippen molar-refractivity contribution in [3.05, 3.63) is 78.1 Å². The Morgan fingerprint density at radius 1 is 0.947 bits per heavy atom. The lowest BCUT2D eigenvalue weighted by molar-refractivity contribution is -0.141. The van der Waals surface area contributed by atoms with E-state index in [0.29, 0.717) is 53.3 Å². The molecular formula is C40H44N10O6S. The van der Waals surface area contributed by atoms with Gasteiger partial charge in [-0.25, -0.2) is 9.78 Å². The molecule has 0 spiro atoms. The molecule has 6 heterocycles. The highest BCUT2D eigenvalue weighted by Gasteiger charge is 2.61. The molecular weight excluding hydrogens is 749 g/mol. The van der Waals surface area contributed by atoms with Crippen LogP contribution in [0, 0.1) is 5.92 Å². The molecule has 2 aliphatic carbocycles. The van der Waals surface area contributed by atoms with E-state index in [1.807, 2.05) is 29.7 Å². The highest BCUT2D eigenvalue weighted by atomic mass is 32.1. The third-order valence-electron chi connectivity index (χ3n) is 11.0. The van der Waals surface area contributed by atoms with Crippen molar-refractivity contribution in [2.45, 2.75) is 94.0 Å². The maximum atomic E-state index is 14.6. The van der Waals surface area contributed by atoms with Gasteiger partial charge in [-0.05, 0) is 74.2 Å². The lowest BCUT2D eigenvalue weighted by Gasteiger charge is -2.30. The van der Waals surface area contributed by atoms with Crippen LogP contribution in [0.5, 0.6) is 5.88 Å². The van der Waals surface area contributed by atoms with Crippen LogP contribution in [0.15, 0.2) is 72.5 Å².